The van der Waals surface area contributed by atoms with Crippen LogP contribution in [0.15, 0.2) is 42.5 Å². The van der Waals surface area contributed by atoms with Gasteiger partial charge in [0.05, 0.1) is 11.9 Å². The van der Waals surface area contributed by atoms with Gasteiger partial charge in [-0.3, -0.25) is 4.72 Å². The van der Waals surface area contributed by atoms with Crippen molar-refractivity contribution in [3.63, 3.8) is 0 Å². The van der Waals surface area contributed by atoms with Gasteiger partial charge in [0.15, 0.2) is 0 Å². The number of hydrogen-bond acceptors (Lipinski definition) is 3. The zero-order valence-electron chi connectivity index (χ0n) is 10.7. The minimum atomic E-state index is -3.42. The van der Waals surface area contributed by atoms with Crippen molar-refractivity contribution < 1.29 is 13.5 Å². The van der Waals surface area contributed by atoms with Crippen molar-refractivity contribution in [1.29, 1.82) is 0 Å². The zero-order valence-corrected chi connectivity index (χ0v) is 11.5. The van der Waals surface area contributed by atoms with E-state index >= 15 is 0 Å². The van der Waals surface area contributed by atoms with Crippen LogP contribution >= 0.6 is 0 Å². The van der Waals surface area contributed by atoms with Crippen molar-refractivity contribution in [3.8, 4) is 16.9 Å². The van der Waals surface area contributed by atoms with Gasteiger partial charge in [0, 0.05) is 0 Å². The van der Waals surface area contributed by atoms with Gasteiger partial charge in [0.25, 0.3) is 0 Å². The summed E-state index contributed by atoms with van der Waals surface area (Å²) in [5, 5.41) is 9.66. The van der Waals surface area contributed by atoms with Crippen molar-refractivity contribution in [3.05, 3.63) is 48.0 Å². The van der Waals surface area contributed by atoms with E-state index in [2.05, 4.69) is 4.72 Å². The van der Waals surface area contributed by atoms with E-state index in [0.717, 1.165) is 22.9 Å². The van der Waals surface area contributed by atoms with E-state index in [0.29, 0.717) is 0 Å². The first-order valence-corrected chi connectivity index (χ1v) is 7.62. The molecule has 0 saturated heterocycles. The van der Waals surface area contributed by atoms with E-state index in [4.69, 9.17) is 0 Å². The summed E-state index contributed by atoms with van der Waals surface area (Å²) in [5.74, 6) is -0.0960. The van der Waals surface area contributed by atoms with Crippen LogP contribution in [0, 0.1) is 6.92 Å². The third kappa shape index (κ3) is 3.48. The van der Waals surface area contributed by atoms with Crippen LogP contribution in [0.2, 0.25) is 0 Å². The van der Waals surface area contributed by atoms with Crippen molar-refractivity contribution >= 4 is 15.7 Å². The van der Waals surface area contributed by atoms with E-state index in [9.17, 15) is 13.5 Å². The molecule has 0 heterocycles. The number of rotatable bonds is 3. The Morgan fingerprint density at radius 3 is 2.16 bits per heavy atom. The number of phenolic OH excluding ortho intramolecular Hbond substituents is 1. The molecule has 2 aromatic rings. The van der Waals surface area contributed by atoms with Crippen LogP contribution in [0.5, 0.6) is 5.75 Å². The first-order chi connectivity index (χ1) is 8.85. The molecule has 0 aromatic heterocycles. The molecule has 2 aromatic carbocycles. The molecule has 0 amide bonds. The van der Waals surface area contributed by atoms with Gasteiger partial charge in [-0.15, -0.1) is 0 Å². The van der Waals surface area contributed by atoms with Gasteiger partial charge in [0.1, 0.15) is 5.75 Å². The molecule has 0 unspecified atom stereocenters. The van der Waals surface area contributed by atoms with Crippen molar-refractivity contribution in [2.75, 3.05) is 11.0 Å². The zero-order chi connectivity index (χ0) is 14.0. The fourth-order valence-corrected chi connectivity index (χ4v) is 2.31. The lowest BCUT2D eigenvalue weighted by atomic mass is 10.0. The molecule has 0 aliphatic heterocycles. The summed E-state index contributed by atoms with van der Waals surface area (Å²) in [7, 11) is -3.42. The van der Waals surface area contributed by atoms with Gasteiger partial charge < -0.3 is 5.11 Å². The molecule has 100 valence electrons. The highest BCUT2D eigenvalue weighted by Crippen LogP contribution is 2.30. The standard InChI is InChI=1S/C14H15NO3S/c1-10-3-5-11(6-4-10)12-7-8-14(16)13(9-12)15-19(2,17)18/h3-9,15-16H,1-2H3. The molecule has 0 spiro atoms. The van der Waals surface area contributed by atoms with Crippen molar-refractivity contribution in [1.82, 2.24) is 0 Å². The van der Waals surface area contributed by atoms with Gasteiger partial charge in [-0.2, -0.15) is 0 Å². The molecule has 4 nitrogen and oxygen atoms in total. The summed E-state index contributed by atoms with van der Waals surface area (Å²) in [6, 6.07) is 12.7. The van der Waals surface area contributed by atoms with Crippen LogP contribution in [0.4, 0.5) is 5.69 Å². The molecule has 5 heteroatoms. The summed E-state index contributed by atoms with van der Waals surface area (Å²) >= 11 is 0. The fraction of sp³-hybridized carbons (Fsp3) is 0.143. The fourth-order valence-electron chi connectivity index (χ4n) is 1.74. The Kier molecular flexibility index (Phi) is 3.48. The van der Waals surface area contributed by atoms with Crippen molar-refractivity contribution in [2.24, 2.45) is 0 Å². The summed E-state index contributed by atoms with van der Waals surface area (Å²) in [6.45, 7) is 2.00. The molecule has 0 aliphatic carbocycles. The number of anilines is 1. The van der Waals surface area contributed by atoms with E-state index in [1.165, 1.54) is 6.07 Å². The molecule has 0 atom stereocenters. The third-order valence-corrected chi connectivity index (χ3v) is 3.27. The predicted octanol–water partition coefficient (Wildman–Crippen LogP) is 2.74. The van der Waals surface area contributed by atoms with Crippen LogP contribution in [0.3, 0.4) is 0 Å². The summed E-state index contributed by atoms with van der Waals surface area (Å²) in [4.78, 5) is 0. The molecule has 0 saturated carbocycles. The van der Waals surface area contributed by atoms with E-state index < -0.39 is 10.0 Å². The highest BCUT2D eigenvalue weighted by Gasteiger charge is 2.08. The molecule has 0 fully saturated rings. The Balaban J connectivity index is 2.43. The number of sulfonamides is 1. The van der Waals surface area contributed by atoms with Crippen LogP contribution < -0.4 is 4.72 Å². The van der Waals surface area contributed by atoms with Crippen LogP contribution in [-0.2, 0) is 10.0 Å². The second-order valence-electron chi connectivity index (χ2n) is 4.47. The molecule has 0 aliphatic rings. The highest BCUT2D eigenvalue weighted by molar-refractivity contribution is 7.92. The Morgan fingerprint density at radius 2 is 1.58 bits per heavy atom. The highest BCUT2D eigenvalue weighted by atomic mass is 32.2. The van der Waals surface area contributed by atoms with Crippen molar-refractivity contribution in [2.45, 2.75) is 6.92 Å². The Labute approximate surface area is 112 Å². The minimum absolute atomic E-state index is 0.0960. The maximum atomic E-state index is 11.2. The lowest BCUT2D eigenvalue weighted by Gasteiger charge is -2.09. The predicted molar refractivity (Wildman–Crippen MR) is 76.7 cm³/mol. The SMILES string of the molecule is Cc1ccc(-c2ccc(O)c(NS(C)(=O)=O)c2)cc1. The van der Waals surface area contributed by atoms with Crippen LogP contribution in [0.25, 0.3) is 11.1 Å². The summed E-state index contributed by atoms with van der Waals surface area (Å²) in [5.41, 5.74) is 3.13. The van der Waals surface area contributed by atoms with Gasteiger partial charge in [-0.05, 0) is 30.2 Å². The van der Waals surface area contributed by atoms with E-state index in [1.807, 2.05) is 31.2 Å². The number of aryl methyl sites for hydroxylation is 1. The average Bonchev–Trinajstić information content (AvgIpc) is 2.31. The molecule has 2 rings (SSSR count). The van der Waals surface area contributed by atoms with E-state index in [1.54, 1.807) is 12.1 Å². The number of aromatic hydroxyl groups is 1. The largest absolute Gasteiger partial charge is 0.506 e. The molecule has 2 N–H and O–H groups in total. The number of phenols is 1. The second-order valence-corrected chi connectivity index (χ2v) is 6.22. The second kappa shape index (κ2) is 4.93. The quantitative estimate of drug-likeness (QED) is 0.848. The maximum Gasteiger partial charge on any atom is 0.229 e. The summed E-state index contributed by atoms with van der Waals surface area (Å²) in [6.07, 6.45) is 1.05. The molecular formula is C14H15NO3S. The Hall–Kier alpha value is -2.01. The minimum Gasteiger partial charge on any atom is -0.506 e. The normalized spacial score (nSPS) is 11.3. The Bertz CT molecular complexity index is 691. The summed E-state index contributed by atoms with van der Waals surface area (Å²) < 4.78 is 24.7. The van der Waals surface area contributed by atoms with Gasteiger partial charge >= 0.3 is 0 Å². The first-order valence-electron chi connectivity index (χ1n) is 5.73. The smallest absolute Gasteiger partial charge is 0.229 e. The first kappa shape index (κ1) is 13.4. The number of nitrogens with one attached hydrogen (secondary N) is 1. The van der Waals surface area contributed by atoms with Gasteiger partial charge in [-0.25, -0.2) is 8.42 Å². The molecule has 0 bridgehead atoms. The van der Waals surface area contributed by atoms with Gasteiger partial charge in [0.2, 0.25) is 10.0 Å². The van der Waals surface area contributed by atoms with Crippen LogP contribution in [-0.4, -0.2) is 19.8 Å². The van der Waals surface area contributed by atoms with Crippen LogP contribution in [0.1, 0.15) is 5.56 Å². The lowest BCUT2D eigenvalue weighted by Crippen LogP contribution is -2.09. The maximum absolute atomic E-state index is 11.2. The Morgan fingerprint density at radius 1 is 1.00 bits per heavy atom. The van der Waals surface area contributed by atoms with E-state index in [-0.39, 0.29) is 11.4 Å². The number of hydrogen-bond donors (Lipinski definition) is 2. The molecule has 0 radical (unpaired) electrons. The topological polar surface area (TPSA) is 66.4 Å². The monoisotopic (exact) mass is 277 g/mol. The average molecular weight is 277 g/mol. The molecule has 19 heavy (non-hydrogen) atoms. The third-order valence-electron chi connectivity index (χ3n) is 2.68. The lowest BCUT2D eigenvalue weighted by molar-refractivity contribution is 0.478. The van der Waals surface area contributed by atoms with Gasteiger partial charge in [-0.1, -0.05) is 35.9 Å². The molecular weight excluding hydrogens is 262 g/mol. The number of benzene rings is 2.